The molecule has 5 heteroatoms. The van der Waals surface area contributed by atoms with Crippen LogP contribution < -0.4 is 5.32 Å². The predicted molar refractivity (Wildman–Crippen MR) is 108 cm³/mol. The highest BCUT2D eigenvalue weighted by Gasteiger charge is 2.60. The van der Waals surface area contributed by atoms with Gasteiger partial charge < -0.3 is 10.1 Å². The minimum atomic E-state index is -0.213. The molecular formula is C20H23IN2O2. The van der Waals surface area contributed by atoms with Gasteiger partial charge in [-0.05, 0) is 53.6 Å². The highest BCUT2D eigenvalue weighted by atomic mass is 127. The molecule has 1 spiro atoms. The Morgan fingerprint density at radius 1 is 1.44 bits per heavy atom. The third-order valence-electron chi connectivity index (χ3n) is 5.80. The lowest BCUT2D eigenvalue weighted by Crippen LogP contribution is -2.57. The van der Waals surface area contributed by atoms with Gasteiger partial charge in [0.05, 0.1) is 12.1 Å². The molecule has 4 rings (SSSR count). The summed E-state index contributed by atoms with van der Waals surface area (Å²) in [6, 6.07) is 9.02. The maximum atomic E-state index is 11.7. The number of nitrogens with zero attached hydrogens (tertiary/aromatic N) is 1. The molecule has 132 valence electrons. The van der Waals surface area contributed by atoms with Crippen LogP contribution >= 0.6 is 22.6 Å². The highest BCUT2D eigenvalue weighted by Crippen LogP contribution is 2.54. The average molecular weight is 450 g/mol. The smallest absolute Gasteiger partial charge is 0.303 e. The molecule has 1 N–H and O–H groups in total. The van der Waals surface area contributed by atoms with Crippen molar-refractivity contribution in [2.75, 3.05) is 18.4 Å². The molecule has 0 radical (unpaired) electrons. The summed E-state index contributed by atoms with van der Waals surface area (Å²) >= 11 is 2.41. The number of benzene rings is 1. The Labute approximate surface area is 162 Å². The first-order valence-corrected chi connectivity index (χ1v) is 9.90. The highest BCUT2D eigenvalue weighted by molar-refractivity contribution is 14.1. The lowest BCUT2D eigenvalue weighted by Gasteiger charge is -2.44. The van der Waals surface area contributed by atoms with E-state index >= 15 is 0 Å². The molecule has 25 heavy (non-hydrogen) atoms. The first-order chi connectivity index (χ1) is 12.1. The van der Waals surface area contributed by atoms with Gasteiger partial charge in [-0.3, -0.25) is 9.69 Å². The van der Waals surface area contributed by atoms with E-state index < -0.39 is 0 Å². The van der Waals surface area contributed by atoms with Crippen LogP contribution in [0.1, 0.15) is 25.8 Å². The quantitative estimate of drug-likeness (QED) is 0.434. The summed E-state index contributed by atoms with van der Waals surface area (Å²) in [5.74, 6) is -0.213. The van der Waals surface area contributed by atoms with E-state index in [0.717, 1.165) is 19.5 Å². The first-order valence-electron chi connectivity index (χ1n) is 8.82. The number of fused-ring (bicyclic) bond motifs is 1. The van der Waals surface area contributed by atoms with Crippen molar-refractivity contribution in [3.8, 4) is 0 Å². The number of likely N-dealkylation sites (tertiary alicyclic amines) is 1. The zero-order valence-electron chi connectivity index (χ0n) is 14.5. The fourth-order valence-electron chi connectivity index (χ4n) is 4.86. The lowest BCUT2D eigenvalue weighted by molar-refractivity contribution is -0.147. The fraction of sp³-hybridized carbons (Fsp3) is 0.450. The van der Waals surface area contributed by atoms with Gasteiger partial charge >= 0.3 is 5.97 Å². The summed E-state index contributed by atoms with van der Waals surface area (Å²) in [4.78, 5) is 14.2. The van der Waals surface area contributed by atoms with Crippen molar-refractivity contribution in [3.63, 3.8) is 0 Å². The second kappa shape index (κ2) is 6.43. The summed E-state index contributed by atoms with van der Waals surface area (Å²) in [6.07, 6.45) is 7.30. The lowest BCUT2D eigenvalue weighted by atomic mass is 9.66. The molecule has 4 nitrogen and oxygen atoms in total. The molecule has 1 saturated heterocycles. The van der Waals surface area contributed by atoms with Gasteiger partial charge in [-0.15, -0.1) is 0 Å². The summed E-state index contributed by atoms with van der Waals surface area (Å²) in [5.41, 5.74) is 2.55. The van der Waals surface area contributed by atoms with Crippen molar-refractivity contribution < 1.29 is 9.53 Å². The van der Waals surface area contributed by atoms with Crippen molar-refractivity contribution in [3.05, 3.63) is 51.6 Å². The summed E-state index contributed by atoms with van der Waals surface area (Å²) in [7, 11) is 0. The Kier molecular flexibility index (Phi) is 4.40. The number of halogens is 1. The number of allylic oxidation sites excluding steroid dienone is 1. The maximum absolute atomic E-state index is 11.7. The molecule has 3 aliphatic rings. The van der Waals surface area contributed by atoms with E-state index in [1.54, 1.807) is 0 Å². The minimum Gasteiger partial charge on any atom is -0.457 e. The molecule has 0 bridgehead atoms. The molecule has 1 aromatic rings. The number of anilines is 1. The number of ether oxygens (including phenoxy) is 1. The molecule has 0 unspecified atom stereocenters. The molecule has 2 aliphatic heterocycles. The number of nitrogens with one attached hydrogen (secondary N) is 1. The van der Waals surface area contributed by atoms with Crippen LogP contribution in [0.15, 0.2) is 46.1 Å². The third kappa shape index (κ3) is 2.63. The van der Waals surface area contributed by atoms with Gasteiger partial charge in [0, 0.05) is 34.7 Å². The first kappa shape index (κ1) is 17.1. The van der Waals surface area contributed by atoms with Crippen LogP contribution in [0, 0.1) is 0 Å². The number of esters is 1. The standard InChI is InChI=1S/C20H23IN2O2/c1-3-14(21)12-23-11-10-20-15-6-4-5-7-16(15)22-18(20)9-8-17(19(20)23)25-13(2)24/h3-9,17-19,22H,10-12H2,1-2H3/b14-3-/t17-,18-,19+,20+/m1/s1. The van der Waals surface area contributed by atoms with E-state index in [2.05, 4.69) is 82.2 Å². The molecule has 1 aliphatic carbocycles. The Morgan fingerprint density at radius 3 is 3.00 bits per heavy atom. The summed E-state index contributed by atoms with van der Waals surface area (Å²) < 4.78 is 7.07. The number of hydrogen-bond acceptors (Lipinski definition) is 4. The monoisotopic (exact) mass is 450 g/mol. The molecule has 2 heterocycles. The van der Waals surface area contributed by atoms with Gasteiger partial charge in [0.25, 0.3) is 0 Å². The predicted octanol–water partition coefficient (Wildman–Crippen LogP) is 3.63. The van der Waals surface area contributed by atoms with Crippen molar-refractivity contribution in [1.29, 1.82) is 0 Å². The zero-order valence-corrected chi connectivity index (χ0v) is 16.7. The van der Waals surface area contributed by atoms with Gasteiger partial charge in [0.1, 0.15) is 6.10 Å². The van der Waals surface area contributed by atoms with Gasteiger partial charge in [-0.2, -0.15) is 0 Å². The Balaban J connectivity index is 1.80. The fourth-order valence-corrected chi connectivity index (χ4v) is 5.30. The molecule has 1 fully saturated rings. The van der Waals surface area contributed by atoms with E-state index in [4.69, 9.17) is 4.74 Å². The normalized spacial score (nSPS) is 33.4. The van der Waals surface area contributed by atoms with Crippen molar-refractivity contribution in [1.82, 2.24) is 4.90 Å². The van der Waals surface area contributed by atoms with E-state index in [9.17, 15) is 4.79 Å². The number of hydrogen-bond donors (Lipinski definition) is 1. The average Bonchev–Trinajstić information content (AvgIpc) is 3.13. The number of carbonyl (C=O) groups excluding carboxylic acids is 1. The van der Waals surface area contributed by atoms with Crippen LogP contribution in [0.5, 0.6) is 0 Å². The van der Waals surface area contributed by atoms with Crippen LogP contribution in [0.3, 0.4) is 0 Å². The van der Waals surface area contributed by atoms with Gasteiger partial charge in [-0.25, -0.2) is 0 Å². The Hall–Kier alpha value is -1.34. The number of para-hydroxylation sites is 1. The van der Waals surface area contributed by atoms with E-state index in [0.29, 0.717) is 0 Å². The molecule has 1 aromatic carbocycles. The molecule has 0 aromatic heterocycles. The van der Waals surface area contributed by atoms with Crippen molar-refractivity contribution in [2.24, 2.45) is 0 Å². The van der Waals surface area contributed by atoms with Gasteiger partial charge in [0.2, 0.25) is 0 Å². The minimum absolute atomic E-state index is 0.0316. The van der Waals surface area contributed by atoms with E-state index in [-0.39, 0.29) is 29.6 Å². The Bertz CT molecular complexity index is 760. The largest absolute Gasteiger partial charge is 0.457 e. The molecular weight excluding hydrogens is 427 g/mol. The summed E-state index contributed by atoms with van der Waals surface area (Å²) in [5, 5.41) is 3.69. The number of carbonyl (C=O) groups is 1. The molecule has 4 atom stereocenters. The molecule has 0 amide bonds. The number of rotatable bonds is 3. The van der Waals surface area contributed by atoms with Gasteiger partial charge in [-0.1, -0.05) is 30.4 Å². The SMILES string of the molecule is C/C=C(\I)CN1CC[C@]23c4ccccc4N[C@@H]2C=C[C@@H](OC(C)=O)[C@H]13. The molecule has 0 saturated carbocycles. The summed E-state index contributed by atoms with van der Waals surface area (Å²) in [6.45, 7) is 5.50. The van der Waals surface area contributed by atoms with Crippen molar-refractivity contribution >= 4 is 34.2 Å². The van der Waals surface area contributed by atoms with Crippen LogP contribution in [-0.4, -0.2) is 42.1 Å². The van der Waals surface area contributed by atoms with Crippen LogP contribution in [0.2, 0.25) is 0 Å². The topological polar surface area (TPSA) is 41.6 Å². The van der Waals surface area contributed by atoms with E-state index in [1.807, 2.05) is 0 Å². The zero-order chi connectivity index (χ0) is 17.6. The van der Waals surface area contributed by atoms with Crippen LogP contribution in [0.25, 0.3) is 0 Å². The maximum Gasteiger partial charge on any atom is 0.303 e. The van der Waals surface area contributed by atoms with Crippen LogP contribution in [0.4, 0.5) is 5.69 Å². The third-order valence-corrected chi connectivity index (χ3v) is 6.77. The van der Waals surface area contributed by atoms with Crippen molar-refractivity contribution in [2.45, 2.75) is 43.9 Å². The van der Waals surface area contributed by atoms with Crippen LogP contribution in [-0.2, 0) is 14.9 Å². The Morgan fingerprint density at radius 2 is 2.24 bits per heavy atom. The second-order valence-electron chi connectivity index (χ2n) is 7.07. The van der Waals surface area contributed by atoms with Gasteiger partial charge in [0.15, 0.2) is 0 Å². The van der Waals surface area contributed by atoms with E-state index in [1.165, 1.54) is 21.8 Å². The second-order valence-corrected chi connectivity index (χ2v) is 8.45.